The molecule has 10 aromatic carbocycles. The fourth-order valence-electron chi connectivity index (χ4n) is 12.0. The fourth-order valence-corrected chi connectivity index (χ4v) is 13.1. The van der Waals surface area contributed by atoms with Gasteiger partial charge < -0.3 is 0 Å². The first-order valence-corrected chi connectivity index (χ1v) is 29.1. The van der Waals surface area contributed by atoms with Crippen molar-refractivity contribution in [1.82, 2.24) is 14.1 Å². The van der Waals surface area contributed by atoms with Crippen LogP contribution in [-0.2, 0) is 31.1 Å². The number of nitrogens with zero attached hydrogens (tertiary/aromatic N) is 5. The van der Waals surface area contributed by atoms with Crippen molar-refractivity contribution in [2.45, 2.75) is 46.4 Å². The van der Waals surface area contributed by atoms with Gasteiger partial charge in [-0.25, -0.2) is 0 Å². The van der Waals surface area contributed by atoms with E-state index in [1.165, 1.54) is 22.3 Å². The summed E-state index contributed by atoms with van der Waals surface area (Å²) in [7, 11) is 0. The number of rotatable bonds is 11. The van der Waals surface area contributed by atoms with E-state index in [4.69, 9.17) is 9.72 Å². The Morgan fingerprint density at radius 2 is 1.17 bits per heavy atom. The van der Waals surface area contributed by atoms with E-state index >= 15 is 0 Å². The van der Waals surface area contributed by atoms with Crippen LogP contribution in [0.25, 0.3) is 78.0 Å². The monoisotopic (exact) mass is 1240 g/mol. The average Bonchev–Trinajstić information content (AvgIpc) is 1.76. The van der Waals surface area contributed by atoms with E-state index in [-0.39, 0.29) is 18.3 Å². The molecule has 0 amide bonds. The van der Waals surface area contributed by atoms with Crippen LogP contribution in [0, 0.1) is 21.9 Å². The third-order valence-electron chi connectivity index (χ3n) is 15.7. The van der Waals surface area contributed by atoms with Crippen molar-refractivity contribution in [2.24, 2.45) is 5.92 Å². The number of pyridine rings is 1. The minimum atomic E-state index is -1.67. The molecule has 0 unspecified atom stereocenters. The standard InChI is InChI=1S/C74H58BN5O.Pt/c1-50(2)44-53-28-12-13-29-58(53)63-43-42-57(48-70(63)81-72-41-23-40-71(76-72)80-69-39-21-20-38-68(69)79-65-35-17-15-31-62(65)61-30-14-16-34-64(61)75(79)80)77-49-78(67-37-19-18-36-66(67)77)73-59(52-26-10-7-11-27-52)32-22-33-60(73)55-45-54(51-24-8-6-9-25-51)46-56(47-55)74(3,4)5;/h6-38,40-43,45-47,50H,44H2,1-5H3;/q-2;/i44D2;. The Bertz CT molecular complexity index is 4590. The zero-order chi connectivity index (χ0) is 57.4. The van der Waals surface area contributed by atoms with Crippen LogP contribution >= 0.6 is 0 Å². The van der Waals surface area contributed by atoms with Crippen molar-refractivity contribution in [1.29, 1.82) is 0 Å². The van der Waals surface area contributed by atoms with E-state index in [1.54, 1.807) is 0 Å². The Labute approximate surface area is 494 Å². The molecule has 0 spiro atoms. The van der Waals surface area contributed by atoms with Gasteiger partial charge in [0.15, 0.2) is 0 Å². The molecular formula is C74H58BN5OPt-2. The minimum absolute atomic E-state index is 0.126. The van der Waals surface area contributed by atoms with E-state index in [0.717, 1.165) is 82.1 Å². The van der Waals surface area contributed by atoms with E-state index in [1.807, 2.05) is 68.4 Å². The number of anilines is 4. The second kappa shape index (κ2) is 20.8. The Kier molecular flexibility index (Phi) is 12.4. The van der Waals surface area contributed by atoms with Crippen LogP contribution in [0.4, 0.5) is 22.9 Å². The van der Waals surface area contributed by atoms with Crippen molar-refractivity contribution in [3.63, 3.8) is 0 Å². The van der Waals surface area contributed by atoms with Crippen molar-refractivity contribution in [3.05, 3.63) is 270 Å². The van der Waals surface area contributed by atoms with Gasteiger partial charge in [-0.2, -0.15) is 12.1 Å². The van der Waals surface area contributed by atoms with Gasteiger partial charge in [0.2, 0.25) is 0 Å². The van der Waals surface area contributed by atoms with Crippen LogP contribution < -0.4 is 19.8 Å². The second-order valence-electron chi connectivity index (χ2n) is 22.4. The zero-order valence-corrected chi connectivity index (χ0v) is 48.5. The number of aromatic nitrogens is 3. The van der Waals surface area contributed by atoms with E-state index in [0.29, 0.717) is 28.6 Å². The van der Waals surface area contributed by atoms with Crippen LogP contribution in [0.1, 0.15) is 48.5 Å². The third-order valence-corrected chi connectivity index (χ3v) is 16.7. The van der Waals surface area contributed by atoms with Gasteiger partial charge in [-0.3, -0.25) is 0 Å². The third kappa shape index (κ3) is 8.96. The Morgan fingerprint density at radius 3 is 1.94 bits per heavy atom. The molecule has 2 aliphatic heterocycles. The predicted molar refractivity (Wildman–Crippen MR) is 335 cm³/mol. The van der Waals surface area contributed by atoms with Crippen molar-refractivity contribution >= 4 is 46.4 Å². The molecule has 2 aromatic heterocycles. The Balaban J connectivity index is 0.962. The van der Waals surface area contributed by atoms with Gasteiger partial charge in [0.05, 0.1) is 0 Å². The maximum absolute atomic E-state index is 9.48. The predicted octanol–water partition coefficient (Wildman–Crippen LogP) is 18.1. The van der Waals surface area contributed by atoms with Crippen LogP contribution in [-0.4, -0.2) is 21.1 Å². The molecular weight excluding hydrogens is 1180 g/mol. The molecule has 0 saturated carbocycles. The average molecular weight is 1240 g/mol. The maximum atomic E-state index is 9.48. The molecule has 400 valence electrons. The molecule has 0 radical (unpaired) electrons. The zero-order valence-electron chi connectivity index (χ0n) is 48.2. The number of fused-ring (bicyclic) bond motifs is 9. The van der Waals surface area contributed by atoms with Crippen molar-refractivity contribution in [2.75, 3.05) is 9.62 Å². The summed E-state index contributed by atoms with van der Waals surface area (Å²) < 4.78 is 31.8. The summed E-state index contributed by atoms with van der Waals surface area (Å²) in [5.74, 6) is 1.16. The quantitative estimate of drug-likeness (QED) is 0.0956. The van der Waals surface area contributed by atoms with Gasteiger partial charge in [-0.05, 0) is 11.6 Å². The summed E-state index contributed by atoms with van der Waals surface area (Å²) in [4.78, 5) is 10.1. The van der Waals surface area contributed by atoms with Crippen LogP contribution in [0.15, 0.2) is 243 Å². The molecule has 82 heavy (non-hydrogen) atoms. The van der Waals surface area contributed by atoms with Gasteiger partial charge in [-0.1, -0.05) is 42.5 Å². The molecule has 0 saturated heterocycles. The van der Waals surface area contributed by atoms with Gasteiger partial charge in [0.25, 0.3) is 0 Å². The second-order valence-corrected chi connectivity index (χ2v) is 23.4. The summed E-state index contributed by atoms with van der Waals surface area (Å²) in [5.41, 5.74) is 20.2. The molecule has 0 fully saturated rings. The summed E-state index contributed by atoms with van der Waals surface area (Å²) in [6.07, 6.45) is -1.67. The van der Waals surface area contributed by atoms with E-state index in [2.05, 4.69) is 259 Å². The summed E-state index contributed by atoms with van der Waals surface area (Å²) in [6, 6.07) is 92.3. The van der Waals surface area contributed by atoms with Crippen LogP contribution in [0.2, 0.25) is 0 Å². The normalized spacial score (nSPS) is 13.1. The SMILES string of the molecule is [2H]C([2H])(c1ccccc1-c1ccc(-n2[c](=[Pt])n(-c3c(-c4ccccc4)cccc3-c3cc(-c4ccccc4)cc(C(C)(C)C)c3)c3ccccc32)[c-]c1Oc1cccc(N2B3c4ccccc4-c4ccccc4N3c3ccc[c-]c32)n1)C(C)C. The number of ether oxygens (including phenoxy) is 1. The van der Waals surface area contributed by atoms with E-state index in [9.17, 15) is 2.74 Å². The molecule has 8 heteroatoms. The van der Waals surface area contributed by atoms with Crippen molar-refractivity contribution < 1.29 is 26.8 Å². The van der Waals surface area contributed by atoms with E-state index < -0.39 is 6.37 Å². The first-order chi connectivity index (χ1) is 40.8. The molecule has 2 aliphatic rings. The van der Waals surface area contributed by atoms with Gasteiger partial charge in [-0.15, -0.1) is 6.07 Å². The molecule has 0 N–H and O–H groups in total. The van der Waals surface area contributed by atoms with Crippen LogP contribution in [0.5, 0.6) is 11.6 Å². The molecule has 4 heterocycles. The number of benzene rings is 10. The number of imidazole rings is 1. The number of hydrogen-bond donors (Lipinski definition) is 0. The molecule has 0 atom stereocenters. The Morgan fingerprint density at radius 1 is 0.549 bits per heavy atom. The van der Waals surface area contributed by atoms with Crippen molar-refractivity contribution in [3.8, 4) is 78.6 Å². The summed E-state index contributed by atoms with van der Waals surface area (Å²) >= 11 is 2.49. The fraction of sp³-hybridized carbons (Fsp3) is 0.108. The Hall–Kier alpha value is -9.03. The molecule has 0 bridgehead atoms. The topological polar surface area (TPSA) is 38.5 Å². The number of hydrogen-bond acceptors (Lipinski definition) is 4. The molecule has 0 aliphatic carbocycles. The molecule has 14 rings (SSSR count). The first kappa shape index (κ1) is 48.8. The molecule has 12 aromatic rings. The van der Waals surface area contributed by atoms with Gasteiger partial charge >= 0.3 is 414 Å². The first-order valence-electron chi connectivity index (χ1n) is 29.0. The van der Waals surface area contributed by atoms with Gasteiger partial charge in [0, 0.05) is 11.3 Å². The van der Waals surface area contributed by atoms with Crippen LogP contribution in [0.3, 0.4) is 0 Å². The summed E-state index contributed by atoms with van der Waals surface area (Å²) in [6.45, 7) is 10.5. The number of para-hydroxylation sites is 5. The molecule has 6 nitrogen and oxygen atoms in total. The summed E-state index contributed by atoms with van der Waals surface area (Å²) in [5, 5.41) is 0. The van der Waals surface area contributed by atoms with Gasteiger partial charge in [0.1, 0.15) is 0 Å².